The number of carbonyl (C=O) groups is 1. The number of amides is 1. The number of carbonyl (C=O) groups excluding carboxylic acids is 1. The number of benzene rings is 3. The molecule has 3 aromatic carbocycles. The Morgan fingerprint density at radius 3 is 2.48 bits per heavy atom. The van der Waals surface area contributed by atoms with Crippen LogP contribution in [0.15, 0.2) is 78.9 Å². The lowest BCUT2D eigenvalue weighted by atomic mass is 10.1. The molecule has 0 unspecified atom stereocenters. The highest BCUT2D eigenvalue weighted by atomic mass is 16.5. The summed E-state index contributed by atoms with van der Waals surface area (Å²) in [6.07, 6.45) is 0.396. The molecule has 1 atom stereocenters. The third kappa shape index (κ3) is 4.77. The van der Waals surface area contributed by atoms with Gasteiger partial charge in [0.2, 0.25) is 5.91 Å². The van der Waals surface area contributed by atoms with E-state index >= 15 is 0 Å². The monoisotopic (exact) mass is 386 g/mol. The number of hydrogen-bond donors (Lipinski definition) is 1. The van der Waals surface area contributed by atoms with Crippen molar-refractivity contribution in [2.24, 2.45) is 0 Å². The van der Waals surface area contributed by atoms with E-state index in [-0.39, 0.29) is 11.9 Å². The number of para-hydroxylation sites is 2. The topological polar surface area (TPSA) is 41.6 Å². The van der Waals surface area contributed by atoms with Gasteiger partial charge in [-0.25, -0.2) is 0 Å². The van der Waals surface area contributed by atoms with Crippen molar-refractivity contribution >= 4 is 11.6 Å². The molecule has 0 radical (unpaired) electrons. The molecule has 3 aromatic rings. The van der Waals surface area contributed by atoms with Crippen molar-refractivity contribution in [3.8, 4) is 5.75 Å². The SMILES string of the molecule is Cc1ccc(CN2c3ccccc3OC[C@@H]2CC(=O)NCc2ccccc2)cc1. The lowest BCUT2D eigenvalue weighted by molar-refractivity contribution is -0.121. The molecule has 0 aromatic heterocycles. The lowest BCUT2D eigenvalue weighted by Crippen LogP contribution is -2.45. The van der Waals surface area contributed by atoms with Gasteiger partial charge in [-0.05, 0) is 30.2 Å². The molecule has 0 fully saturated rings. The fraction of sp³-hybridized carbons (Fsp3) is 0.240. The van der Waals surface area contributed by atoms with Gasteiger partial charge in [-0.15, -0.1) is 0 Å². The Kier molecular flexibility index (Phi) is 5.80. The van der Waals surface area contributed by atoms with Crippen LogP contribution in [0.5, 0.6) is 5.75 Å². The Hall–Kier alpha value is -3.27. The van der Waals surface area contributed by atoms with Crippen molar-refractivity contribution in [2.75, 3.05) is 11.5 Å². The van der Waals surface area contributed by atoms with Gasteiger partial charge in [0.15, 0.2) is 0 Å². The number of fused-ring (bicyclic) bond motifs is 1. The Labute approximate surface area is 172 Å². The van der Waals surface area contributed by atoms with Gasteiger partial charge in [-0.1, -0.05) is 72.3 Å². The maximum Gasteiger partial charge on any atom is 0.222 e. The summed E-state index contributed by atoms with van der Waals surface area (Å²) < 4.78 is 5.97. The number of hydrogen-bond acceptors (Lipinski definition) is 3. The van der Waals surface area contributed by atoms with Crippen molar-refractivity contribution in [3.05, 3.63) is 95.6 Å². The summed E-state index contributed by atoms with van der Waals surface area (Å²) in [5.74, 6) is 0.913. The summed E-state index contributed by atoms with van der Waals surface area (Å²) in [4.78, 5) is 14.9. The average Bonchev–Trinajstić information content (AvgIpc) is 2.76. The molecule has 4 heteroatoms. The maximum atomic E-state index is 12.6. The van der Waals surface area contributed by atoms with Gasteiger partial charge >= 0.3 is 0 Å². The predicted molar refractivity (Wildman–Crippen MR) is 116 cm³/mol. The largest absolute Gasteiger partial charge is 0.489 e. The molecule has 4 nitrogen and oxygen atoms in total. The molecule has 148 valence electrons. The second-order valence-corrected chi connectivity index (χ2v) is 7.51. The zero-order valence-corrected chi connectivity index (χ0v) is 16.7. The fourth-order valence-electron chi connectivity index (χ4n) is 3.65. The van der Waals surface area contributed by atoms with Crippen LogP contribution in [-0.2, 0) is 17.9 Å². The zero-order chi connectivity index (χ0) is 20.1. The zero-order valence-electron chi connectivity index (χ0n) is 16.7. The highest BCUT2D eigenvalue weighted by molar-refractivity contribution is 5.77. The molecular weight excluding hydrogens is 360 g/mol. The summed E-state index contributed by atoms with van der Waals surface area (Å²) in [7, 11) is 0. The highest BCUT2D eigenvalue weighted by Gasteiger charge is 2.29. The number of anilines is 1. The van der Waals surface area contributed by atoms with E-state index in [1.807, 2.05) is 48.5 Å². The number of nitrogens with one attached hydrogen (secondary N) is 1. The van der Waals surface area contributed by atoms with Gasteiger partial charge < -0.3 is 15.0 Å². The Morgan fingerprint density at radius 2 is 1.69 bits per heavy atom. The third-order valence-electron chi connectivity index (χ3n) is 5.27. The maximum absolute atomic E-state index is 12.6. The first-order chi connectivity index (χ1) is 14.2. The summed E-state index contributed by atoms with van der Waals surface area (Å²) in [6, 6.07) is 26.6. The predicted octanol–water partition coefficient (Wildman–Crippen LogP) is 4.47. The summed E-state index contributed by atoms with van der Waals surface area (Å²) in [5.41, 5.74) is 4.61. The summed E-state index contributed by atoms with van der Waals surface area (Å²) in [5, 5.41) is 3.04. The number of aryl methyl sites for hydroxylation is 1. The van der Waals surface area contributed by atoms with Gasteiger partial charge in [-0.3, -0.25) is 4.79 Å². The van der Waals surface area contributed by atoms with Crippen molar-refractivity contribution < 1.29 is 9.53 Å². The first-order valence-corrected chi connectivity index (χ1v) is 10.0. The van der Waals surface area contributed by atoms with Crippen molar-refractivity contribution in [2.45, 2.75) is 32.5 Å². The molecular formula is C25H26N2O2. The quantitative estimate of drug-likeness (QED) is 0.680. The van der Waals surface area contributed by atoms with Gasteiger partial charge in [-0.2, -0.15) is 0 Å². The van der Waals surface area contributed by atoms with Gasteiger partial charge in [0.25, 0.3) is 0 Å². The summed E-state index contributed by atoms with van der Waals surface area (Å²) >= 11 is 0. The molecule has 1 amide bonds. The molecule has 4 rings (SSSR count). The van der Waals surface area contributed by atoms with Crippen LogP contribution < -0.4 is 15.0 Å². The van der Waals surface area contributed by atoms with Crippen LogP contribution >= 0.6 is 0 Å². The second-order valence-electron chi connectivity index (χ2n) is 7.51. The minimum Gasteiger partial charge on any atom is -0.489 e. The molecule has 0 aliphatic carbocycles. The molecule has 0 saturated carbocycles. The normalized spacial score (nSPS) is 15.3. The smallest absolute Gasteiger partial charge is 0.222 e. The van der Waals surface area contributed by atoms with Gasteiger partial charge in [0, 0.05) is 13.1 Å². The number of nitrogens with zero attached hydrogens (tertiary/aromatic N) is 1. The molecule has 0 saturated heterocycles. The van der Waals surface area contributed by atoms with E-state index in [9.17, 15) is 4.79 Å². The standard InChI is InChI=1S/C25H26N2O2/c1-19-11-13-21(14-12-19)17-27-22(18-29-24-10-6-5-9-23(24)27)15-25(28)26-16-20-7-3-2-4-8-20/h2-14,22H,15-18H2,1H3,(H,26,28)/t22-/m0/s1. The van der Waals surface area contributed by atoms with Crippen LogP contribution in [0.25, 0.3) is 0 Å². The third-order valence-corrected chi connectivity index (χ3v) is 5.27. The van der Waals surface area contributed by atoms with Crippen LogP contribution in [0, 0.1) is 6.92 Å². The van der Waals surface area contributed by atoms with E-state index in [1.165, 1.54) is 11.1 Å². The van der Waals surface area contributed by atoms with Crippen LogP contribution in [0.2, 0.25) is 0 Å². The first-order valence-electron chi connectivity index (χ1n) is 10.0. The molecule has 0 spiro atoms. The molecule has 1 aliphatic rings. The second kappa shape index (κ2) is 8.82. The van der Waals surface area contributed by atoms with E-state index in [4.69, 9.17) is 4.74 Å². The lowest BCUT2D eigenvalue weighted by Gasteiger charge is -2.38. The Morgan fingerprint density at radius 1 is 0.966 bits per heavy atom. The fourth-order valence-corrected chi connectivity index (χ4v) is 3.65. The molecule has 1 aliphatic heterocycles. The number of ether oxygens (including phenoxy) is 1. The van der Waals surface area contributed by atoms with Crippen LogP contribution in [0.4, 0.5) is 5.69 Å². The molecule has 1 N–H and O–H groups in total. The van der Waals surface area contributed by atoms with E-state index in [0.29, 0.717) is 19.6 Å². The van der Waals surface area contributed by atoms with E-state index in [0.717, 1.165) is 23.5 Å². The van der Waals surface area contributed by atoms with Gasteiger partial charge in [0.05, 0.1) is 18.2 Å². The van der Waals surface area contributed by atoms with Crippen LogP contribution in [0.3, 0.4) is 0 Å². The summed E-state index contributed by atoms with van der Waals surface area (Å²) in [6.45, 7) is 3.88. The van der Waals surface area contributed by atoms with Crippen molar-refractivity contribution in [1.82, 2.24) is 5.32 Å². The van der Waals surface area contributed by atoms with Gasteiger partial charge in [0.1, 0.15) is 12.4 Å². The van der Waals surface area contributed by atoms with E-state index in [2.05, 4.69) is 47.5 Å². The minimum absolute atomic E-state index is 0.0121. The van der Waals surface area contributed by atoms with Crippen LogP contribution in [-0.4, -0.2) is 18.6 Å². The Bertz CT molecular complexity index is 954. The van der Waals surface area contributed by atoms with Crippen molar-refractivity contribution in [3.63, 3.8) is 0 Å². The molecule has 0 bridgehead atoms. The first kappa shape index (κ1) is 19.1. The van der Waals surface area contributed by atoms with Crippen LogP contribution in [0.1, 0.15) is 23.1 Å². The van der Waals surface area contributed by atoms with E-state index < -0.39 is 0 Å². The highest BCUT2D eigenvalue weighted by Crippen LogP contribution is 2.35. The average molecular weight is 386 g/mol. The number of rotatable bonds is 6. The molecule has 29 heavy (non-hydrogen) atoms. The minimum atomic E-state index is -0.0121. The van der Waals surface area contributed by atoms with E-state index in [1.54, 1.807) is 0 Å². The van der Waals surface area contributed by atoms with Crippen molar-refractivity contribution in [1.29, 1.82) is 0 Å². The Balaban J connectivity index is 1.48. The molecule has 1 heterocycles.